The lowest BCUT2D eigenvalue weighted by molar-refractivity contribution is -0.132. The molecule has 0 saturated heterocycles. The Morgan fingerprint density at radius 2 is 2.10 bits per heavy atom. The Labute approximate surface area is 177 Å². The van der Waals surface area contributed by atoms with Crippen LogP contribution in [0, 0.1) is 12.8 Å². The number of hydrogen-bond donors (Lipinski definition) is 2. The Bertz CT molecular complexity index is 1310. The third-order valence-corrected chi connectivity index (χ3v) is 6.56. The highest BCUT2D eigenvalue weighted by Gasteiger charge is 2.61. The zero-order chi connectivity index (χ0) is 21.2. The molecule has 3 saturated carbocycles. The predicted octanol–water partition coefficient (Wildman–Crippen LogP) is 3.52. The maximum atomic E-state index is 12.0. The van der Waals surface area contributed by atoms with Gasteiger partial charge in [0.25, 0.3) is 0 Å². The number of hydrogen-bond acceptors (Lipinski definition) is 5. The summed E-state index contributed by atoms with van der Waals surface area (Å²) in [5.41, 5.74) is 4.54. The highest BCUT2D eigenvalue weighted by Crippen LogP contribution is 2.60. The van der Waals surface area contributed by atoms with Crippen LogP contribution in [-0.4, -0.2) is 51.2 Å². The van der Waals surface area contributed by atoms with E-state index in [1.165, 1.54) is 6.33 Å². The van der Waals surface area contributed by atoms with E-state index < -0.39 is 6.09 Å². The first-order valence-corrected chi connectivity index (χ1v) is 10.3. The number of H-pyrrole nitrogens is 1. The number of imidazole rings is 1. The lowest BCUT2D eigenvalue weighted by atomic mass is 9.49. The van der Waals surface area contributed by atoms with Gasteiger partial charge in [-0.2, -0.15) is 5.10 Å². The molecule has 156 valence electrons. The summed E-state index contributed by atoms with van der Waals surface area (Å²) in [6.45, 7) is 2.17. The number of fused-ring (bicyclic) bond motifs is 1. The number of nitrogens with one attached hydrogen (secondary N) is 1. The fourth-order valence-corrected chi connectivity index (χ4v) is 4.88. The molecule has 3 fully saturated rings. The van der Waals surface area contributed by atoms with Crippen LogP contribution in [0.5, 0.6) is 0 Å². The molecule has 4 heterocycles. The van der Waals surface area contributed by atoms with Gasteiger partial charge in [-0.15, -0.1) is 0 Å². The SMILES string of the molecule is Cc1cccc(-c2[nH]c(CN(C(=O)O)C34CC(C3)C4)nc2-c2ccc3ncnn3c2)n1. The molecule has 0 spiro atoms. The third kappa shape index (κ3) is 2.80. The molecule has 0 unspecified atom stereocenters. The minimum absolute atomic E-state index is 0.204. The highest BCUT2D eigenvalue weighted by molar-refractivity contribution is 5.77. The summed E-state index contributed by atoms with van der Waals surface area (Å²) < 4.78 is 1.70. The van der Waals surface area contributed by atoms with Crippen molar-refractivity contribution < 1.29 is 9.90 Å². The summed E-state index contributed by atoms with van der Waals surface area (Å²) in [5, 5.41) is 14.1. The van der Waals surface area contributed by atoms with Gasteiger partial charge in [0.05, 0.1) is 23.6 Å². The van der Waals surface area contributed by atoms with Gasteiger partial charge in [-0.05, 0) is 56.4 Å². The number of aromatic amines is 1. The molecule has 2 N–H and O–H groups in total. The predicted molar refractivity (Wildman–Crippen MR) is 112 cm³/mol. The number of nitrogens with zero attached hydrogens (tertiary/aromatic N) is 6. The van der Waals surface area contributed by atoms with Gasteiger partial charge in [-0.1, -0.05) is 6.07 Å². The van der Waals surface area contributed by atoms with Gasteiger partial charge in [-0.25, -0.2) is 19.3 Å². The summed E-state index contributed by atoms with van der Waals surface area (Å²) in [4.78, 5) is 30.6. The lowest BCUT2D eigenvalue weighted by Gasteiger charge is -2.65. The van der Waals surface area contributed by atoms with Gasteiger partial charge in [0.1, 0.15) is 12.2 Å². The van der Waals surface area contributed by atoms with Crippen molar-refractivity contribution in [2.45, 2.75) is 38.3 Å². The maximum Gasteiger partial charge on any atom is 0.408 e. The van der Waals surface area contributed by atoms with Crippen molar-refractivity contribution in [3.05, 3.63) is 54.4 Å². The second-order valence-corrected chi connectivity index (χ2v) is 8.62. The summed E-state index contributed by atoms with van der Waals surface area (Å²) in [7, 11) is 0. The average molecular weight is 415 g/mol. The van der Waals surface area contributed by atoms with Crippen LogP contribution >= 0.6 is 0 Å². The van der Waals surface area contributed by atoms with Gasteiger partial charge in [-0.3, -0.25) is 9.88 Å². The van der Waals surface area contributed by atoms with Crippen LogP contribution in [0.4, 0.5) is 4.79 Å². The van der Waals surface area contributed by atoms with E-state index in [0.717, 1.165) is 47.6 Å². The van der Waals surface area contributed by atoms with Crippen molar-refractivity contribution >= 4 is 11.7 Å². The molecule has 2 bridgehead atoms. The van der Waals surface area contributed by atoms with Crippen LogP contribution < -0.4 is 0 Å². The van der Waals surface area contributed by atoms with Crippen molar-refractivity contribution in [2.24, 2.45) is 5.92 Å². The summed E-state index contributed by atoms with van der Waals surface area (Å²) in [6.07, 6.45) is 5.37. The topological polar surface area (TPSA) is 112 Å². The van der Waals surface area contributed by atoms with Gasteiger partial charge in [0.2, 0.25) is 0 Å². The van der Waals surface area contributed by atoms with Crippen molar-refractivity contribution in [1.29, 1.82) is 0 Å². The largest absolute Gasteiger partial charge is 0.465 e. The number of amides is 1. The molecule has 0 aromatic carbocycles. The van der Waals surface area contributed by atoms with E-state index in [0.29, 0.717) is 17.4 Å². The number of rotatable bonds is 5. The first-order valence-electron chi connectivity index (χ1n) is 10.3. The molecular formula is C22H21N7O2. The van der Waals surface area contributed by atoms with E-state index in [2.05, 4.69) is 20.1 Å². The Morgan fingerprint density at radius 1 is 1.26 bits per heavy atom. The number of aryl methyl sites for hydroxylation is 1. The Balaban J connectivity index is 1.44. The highest BCUT2D eigenvalue weighted by atomic mass is 16.4. The zero-order valence-electron chi connectivity index (χ0n) is 17.0. The molecule has 4 aromatic heterocycles. The van der Waals surface area contributed by atoms with Crippen LogP contribution in [-0.2, 0) is 6.54 Å². The molecule has 1 amide bonds. The second kappa shape index (κ2) is 6.37. The molecule has 0 atom stereocenters. The first-order chi connectivity index (χ1) is 15.0. The zero-order valence-corrected chi connectivity index (χ0v) is 17.0. The second-order valence-electron chi connectivity index (χ2n) is 8.62. The molecule has 4 aromatic rings. The fourth-order valence-electron chi connectivity index (χ4n) is 4.88. The van der Waals surface area contributed by atoms with Crippen LogP contribution in [0.1, 0.15) is 30.8 Å². The van der Waals surface area contributed by atoms with Gasteiger partial charge in [0.15, 0.2) is 5.65 Å². The third-order valence-electron chi connectivity index (χ3n) is 6.56. The van der Waals surface area contributed by atoms with Crippen LogP contribution in [0.25, 0.3) is 28.3 Å². The Morgan fingerprint density at radius 3 is 2.81 bits per heavy atom. The monoisotopic (exact) mass is 415 g/mol. The first kappa shape index (κ1) is 18.1. The van der Waals surface area contributed by atoms with Gasteiger partial charge >= 0.3 is 6.09 Å². The summed E-state index contributed by atoms with van der Waals surface area (Å²) in [6, 6.07) is 9.65. The minimum Gasteiger partial charge on any atom is -0.465 e. The van der Waals surface area contributed by atoms with Gasteiger partial charge < -0.3 is 10.1 Å². The van der Waals surface area contributed by atoms with Gasteiger partial charge in [0, 0.05) is 23.0 Å². The van der Waals surface area contributed by atoms with Crippen molar-refractivity contribution in [2.75, 3.05) is 0 Å². The van der Waals surface area contributed by atoms with E-state index in [4.69, 9.17) is 4.98 Å². The lowest BCUT2D eigenvalue weighted by Crippen LogP contribution is -2.69. The fraction of sp³-hybridized carbons (Fsp3) is 0.318. The summed E-state index contributed by atoms with van der Waals surface area (Å²) in [5.74, 6) is 1.30. The maximum absolute atomic E-state index is 12.0. The normalized spacial score (nSPS) is 21.5. The number of carboxylic acid groups (broad SMARTS) is 1. The molecule has 9 heteroatoms. The molecular weight excluding hydrogens is 394 g/mol. The van der Waals surface area contributed by atoms with E-state index in [1.807, 2.05) is 43.5 Å². The van der Waals surface area contributed by atoms with Crippen molar-refractivity contribution in [1.82, 2.24) is 34.4 Å². The number of aromatic nitrogens is 6. The molecule has 7 rings (SSSR count). The van der Waals surface area contributed by atoms with E-state index in [-0.39, 0.29) is 12.1 Å². The quantitative estimate of drug-likeness (QED) is 0.516. The molecule has 3 aliphatic carbocycles. The Kier molecular flexibility index (Phi) is 3.71. The van der Waals surface area contributed by atoms with E-state index >= 15 is 0 Å². The Hall–Kier alpha value is -3.75. The molecule has 9 nitrogen and oxygen atoms in total. The van der Waals surface area contributed by atoms with Crippen LogP contribution in [0.2, 0.25) is 0 Å². The standard InChI is InChI=1S/C22H21N7O2/c1-13-3-2-4-16(25-13)20-19(15-5-6-18-23-12-24-29(18)10-15)26-17(27-20)11-28(21(30)31)22-7-14(8-22)9-22/h2-6,10,12,14H,7-9,11H2,1H3,(H,26,27)(H,30,31). The average Bonchev–Trinajstić information content (AvgIpc) is 3.31. The van der Waals surface area contributed by atoms with Crippen molar-refractivity contribution in [3.8, 4) is 22.6 Å². The van der Waals surface area contributed by atoms with Crippen molar-refractivity contribution in [3.63, 3.8) is 0 Å². The number of pyridine rings is 2. The molecule has 0 radical (unpaired) electrons. The molecule has 31 heavy (non-hydrogen) atoms. The van der Waals surface area contributed by atoms with E-state index in [1.54, 1.807) is 9.42 Å². The molecule has 0 aliphatic heterocycles. The number of carbonyl (C=O) groups is 1. The smallest absolute Gasteiger partial charge is 0.408 e. The summed E-state index contributed by atoms with van der Waals surface area (Å²) >= 11 is 0. The van der Waals surface area contributed by atoms with E-state index in [9.17, 15) is 9.90 Å². The minimum atomic E-state index is -0.893. The molecule has 3 aliphatic rings. The van der Waals surface area contributed by atoms with Crippen LogP contribution in [0.15, 0.2) is 42.9 Å². The van der Waals surface area contributed by atoms with Crippen LogP contribution in [0.3, 0.4) is 0 Å².